The van der Waals surface area contributed by atoms with Crippen LogP contribution in [-0.2, 0) is 16.1 Å². The highest BCUT2D eigenvalue weighted by Crippen LogP contribution is 2.38. The summed E-state index contributed by atoms with van der Waals surface area (Å²) in [6.07, 6.45) is 3.80. The van der Waals surface area contributed by atoms with E-state index in [9.17, 15) is 14.7 Å². The van der Waals surface area contributed by atoms with Crippen molar-refractivity contribution >= 4 is 11.9 Å². The van der Waals surface area contributed by atoms with E-state index in [0.29, 0.717) is 25.8 Å². The molecule has 4 rings (SSSR count). The Kier molecular flexibility index (Phi) is 4.07. The molecule has 2 aliphatic rings. The Bertz CT molecular complexity index is 783. The van der Waals surface area contributed by atoms with Crippen LogP contribution in [0.4, 0.5) is 0 Å². The molecule has 1 fully saturated rings. The second-order valence-corrected chi connectivity index (χ2v) is 7.02. The summed E-state index contributed by atoms with van der Waals surface area (Å²) in [5, 5.41) is 9.23. The van der Waals surface area contributed by atoms with Crippen LogP contribution in [0.25, 0.3) is 0 Å². The molecule has 2 heterocycles. The van der Waals surface area contributed by atoms with Crippen molar-refractivity contribution < 1.29 is 14.7 Å². The Morgan fingerprint density at radius 1 is 0.960 bits per heavy atom. The van der Waals surface area contributed by atoms with E-state index in [1.54, 1.807) is 0 Å². The molecule has 5 nitrogen and oxygen atoms in total. The Labute approximate surface area is 146 Å². The number of nitrogens with zero attached hydrogens (tertiary/aromatic N) is 2. The summed E-state index contributed by atoms with van der Waals surface area (Å²) in [7, 11) is 0. The molecule has 1 N–H and O–H groups in total. The van der Waals surface area contributed by atoms with E-state index in [1.807, 2.05) is 29.2 Å². The van der Waals surface area contributed by atoms with Crippen LogP contribution in [-0.4, -0.2) is 33.0 Å². The summed E-state index contributed by atoms with van der Waals surface area (Å²) in [6.45, 7) is 1.45. The highest BCUT2D eigenvalue weighted by molar-refractivity contribution is 5.82. The number of amides is 1. The van der Waals surface area contributed by atoms with Gasteiger partial charge in [-0.1, -0.05) is 30.3 Å². The van der Waals surface area contributed by atoms with E-state index in [0.717, 1.165) is 17.8 Å². The van der Waals surface area contributed by atoms with Gasteiger partial charge in [-0.3, -0.25) is 9.59 Å². The Morgan fingerprint density at radius 2 is 1.72 bits per heavy atom. The van der Waals surface area contributed by atoms with Crippen LogP contribution in [0.2, 0.25) is 0 Å². The fourth-order valence-corrected chi connectivity index (χ4v) is 4.27. The van der Waals surface area contributed by atoms with Crippen molar-refractivity contribution in [3.8, 4) is 0 Å². The van der Waals surface area contributed by atoms with Crippen molar-refractivity contribution in [1.29, 1.82) is 0 Å². The zero-order valence-electron chi connectivity index (χ0n) is 14.0. The van der Waals surface area contributed by atoms with Crippen LogP contribution in [0, 0.1) is 11.8 Å². The fourth-order valence-electron chi connectivity index (χ4n) is 4.27. The molecule has 130 valence electrons. The van der Waals surface area contributed by atoms with Crippen LogP contribution in [0.5, 0.6) is 0 Å². The molecule has 0 radical (unpaired) electrons. The highest BCUT2D eigenvalue weighted by Gasteiger charge is 2.40. The van der Waals surface area contributed by atoms with Gasteiger partial charge < -0.3 is 14.6 Å². The molecule has 0 saturated heterocycles. The summed E-state index contributed by atoms with van der Waals surface area (Å²) >= 11 is 0. The zero-order chi connectivity index (χ0) is 17.4. The number of carbonyl (C=O) groups is 2. The van der Waals surface area contributed by atoms with Gasteiger partial charge in [-0.25, -0.2) is 0 Å². The van der Waals surface area contributed by atoms with Crippen LogP contribution in [0.15, 0.2) is 48.7 Å². The maximum absolute atomic E-state index is 13.2. The maximum atomic E-state index is 13.2. The van der Waals surface area contributed by atoms with Crippen molar-refractivity contribution in [2.24, 2.45) is 11.8 Å². The van der Waals surface area contributed by atoms with Crippen molar-refractivity contribution in [3.63, 3.8) is 0 Å². The molecule has 1 aromatic heterocycles. The van der Waals surface area contributed by atoms with Crippen LogP contribution in [0.3, 0.4) is 0 Å². The largest absolute Gasteiger partial charge is 0.481 e. The van der Waals surface area contributed by atoms with Crippen LogP contribution in [0.1, 0.15) is 36.6 Å². The van der Waals surface area contributed by atoms with Gasteiger partial charge >= 0.3 is 5.97 Å². The minimum absolute atomic E-state index is 0.0960. The Balaban J connectivity index is 1.64. The van der Waals surface area contributed by atoms with Gasteiger partial charge in [-0.2, -0.15) is 0 Å². The number of hydrogen-bond donors (Lipinski definition) is 1. The fraction of sp³-hybridized carbons (Fsp3) is 0.400. The van der Waals surface area contributed by atoms with Crippen molar-refractivity contribution in [3.05, 3.63) is 59.9 Å². The van der Waals surface area contributed by atoms with Gasteiger partial charge in [0.25, 0.3) is 0 Å². The molecule has 1 unspecified atom stereocenters. The molecule has 1 aromatic carbocycles. The van der Waals surface area contributed by atoms with Crippen LogP contribution < -0.4 is 0 Å². The molecule has 2 aromatic rings. The van der Waals surface area contributed by atoms with Gasteiger partial charge in [0.1, 0.15) is 0 Å². The minimum Gasteiger partial charge on any atom is -0.481 e. The number of carboxylic acid groups (broad SMARTS) is 1. The Morgan fingerprint density at radius 3 is 2.44 bits per heavy atom. The number of benzene rings is 1. The first-order valence-electron chi connectivity index (χ1n) is 8.88. The van der Waals surface area contributed by atoms with E-state index in [2.05, 4.69) is 29.0 Å². The number of hydrogen-bond acceptors (Lipinski definition) is 2. The number of fused-ring (bicyclic) bond motifs is 1. The van der Waals surface area contributed by atoms with Crippen molar-refractivity contribution in [2.75, 3.05) is 6.54 Å². The number of carbonyl (C=O) groups excluding carboxylic acids is 1. The first-order chi connectivity index (χ1) is 12.1. The monoisotopic (exact) mass is 338 g/mol. The predicted molar refractivity (Wildman–Crippen MR) is 92.9 cm³/mol. The molecule has 1 amide bonds. The van der Waals surface area contributed by atoms with E-state index in [1.165, 1.54) is 0 Å². The minimum atomic E-state index is -0.776. The molecule has 0 spiro atoms. The average molecular weight is 338 g/mol. The van der Waals surface area contributed by atoms with E-state index in [4.69, 9.17) is 0 Å². The van der Waals surface area contributed by atoms with E-state index in [-0.39, 0.29) is 23.8 Å². The lowest BCUT2D eigenvalue weighted by molar-refractivity contribution is -0.142. The topological polar surface area (TPSA) is 62.5 Å². The number of aromatic nitrogens is 1. The summed E-state index contributed by atoms with van der Waals surface area (Å²) < 4.78 is 2.20. The summed E-state index contributed by atoms with van der Waals surface area (Å²) in [5.41, 5.74) is 2.22. The third-order valence-electron chi connectivity index (χ3n) is 5.57. The first-order valence-corrected chi connectivity index (χ1v) is 8.88. The van der Waals surface area contributed by atoms with Crippen molar-refractivity contribution in [1.82, 2.24) is 9.47 Å². The van der Waals surface area contributed by atoms with Gasteiger partial charge in [0, 0.05) is 30.9 Å². The molecule has 1 aliphatic carbocycles. The molecule has 1 aliphatic heterocycles. The van der Waals surface area contributed by atoms with Gasteiger partial charge in [0.05, 0.1) is 12.0 Å². The standard InChI is InChI=1S/C20H22N2O3/c23-19(15-8-9-16(13-15)20(24)25)22-12-11-21-10-4-7-17(21)18(22)14-5-2-1-3-6-14/h1-7,10,15-16,18H,8-9,11-13H2,(H,24,25)/t15-,16+,18?/m0/s1. The molecule has 5 heteroatoms. The number of rotatable bonds is 3. The summed E-state index contributed by atoms with van der Waals surface area (Å²) in [6, 6.07) is 14.1. The molecular formula is C20H22N2O3. The van der Waals surface area contributed by atoms with Crippen LogP contribution >= 0.6 is 0 Å². The normalized spacial score (nSPS) is 25.6. The second-order valence-electron chi connectivity index (χ2n) is 7.02. The second kappa shape index (κ2) is 6.39. The van der Waals surface area contributed by atoms with Gasteiger partial charge in [-0.15, -0.1) is 0 Å². The van der Waals surface area contributed by atoms with Crippen molar-refractivity contribution in [2.45, 2.75) is 31.8 Å². The van der Waals surface area contributed by atoms with E-state index < -0.39 is 5.97 Å². The molecular weight excluding hydrogens is 316 g/mol. The zero-order valence-corrected chi connectivity index (χ0v) is 14.0. The quantitative estimate of drug-likeness (QED) is 0.936. The smallest absolute Gasteiger partial charge is 0.306 e. The summed E-state index contributed by atoms with van der Waals surface area (Å²) in [4.78, 5) is 26.4. The maximum Gasteiger partial charge on any atom is 0.306 e. The lowest BCUT2D eigenvalue weighted by atomic mass is 9.96. The Hall–Kier alpha value is -2.56. The van der Waals surface area contributed by atoms with Gasteiger partial charge in [0.2, 0.25) is 5.91 Å². The summed E-state index contributed by atoms with van der Waals surface area (Å²) in [5.74, 6) is -1.22. The first kappa shape index (κ1) is 15.9. The third kappa shape index (κ3) is 2.84. The molecule has 25 heavy (non-hydrogen) atoms. The average Bonchev–Trinajstić information content (AvgIpc) is 3.30. The predicted octanol–water partition coefficient (Wildman–Crippen LogP) is 2.92. The number of aliphatic carboxylic acids is 1. The molecule has 3 atom stereocenters. The third-order valence-corrected chi connectivity index (χ3v) is 5.57. The molecule has 0 bridgehead atoms. The van der Waals surface area contributed by atoms with E-state index >= 15 is 0 Å². The SMILES string of the molecule is O=C(O)[C@@H]1CC[C@H](C(=O)N2CCn3cccc3C2c2ccccc2)C1. The lowest BCUT2D eigenvalue weighted by Crippen LogP contribution is -2.44. The lowest BCUT2D eigenvalue weighted by Gasteiger charge is -2.38. The van der Waals surface area contributed by atoms with Gasteiger partial charge in [0.15, 0.2) is 0 Å². The highest BCUT2D eigenvalue weighted by atomic mass is 16.4. The number of carboxylic acids is 1. The van der Waals surface area contributed by atoms with Gasteiger partial charge in [-0.05, 0) is 37.0 Å². The molecule has 1 saturated carbocycles.